The molecular formula is C18H21N5O. The molecule has 0 amide bonds. The van der Waals surface area contributed by atoms with Crippen molar-refractivity contribution >= 4 is 11.6 Å². The first-order chi connectivity index (χ1) is 11.8. The number of rotatable bonds is 4. The monoisotopic (exact) mass is 323 g/mol. The fourth-order valence-electron chi connectivity index (χ4n) is 3.51. The Morgan fingerprint density at radius 2 is 2.12 bits per heavy atom. The first kappa shape index (κ1) is 15.1. The Balaban J connectivity index is 1.68. The Hall–Kier alpha value is -2.47. The summed E-state index contributed by atoms with van der Waals surface area (Å²) in [5.41, 5.74) is 3.79. The first-order valence-electron chi connectivity index (χ1n) is 8.24. The van der Waals surface area contributed by atoms with Gasteiger partial charge in [-0.15, -0.1) is 0 Å². The molecular weight excluding hydrogens is 302 g/mol. The van der Waals surface area contributed by atoms with E-state index in [2.05, 4.69) is 51.3 Å². The van der Waals surface area contributed by atoms with Gasteiger partial charge in [-0.3, -0.25) is 0 Å². The number of methoxy groups -OCH3 is 1. The van der Waals surface area contributed by atoms with Gasteiger partial charge < -0.3 is 9.64 Å². The molecule has 1 aromatic carbocycles. The number of aryl methyl sites for hydroxylation is 1. The maximum absolute atomic E-state index is 5.24. The molecule has 0 fully saturated rings. The third-order valence-electron chi connectivity index (χ3n) is 4.81. The molecule has 124 valence electrons. The van der Waals surface area contributed by atoms with Gasteiger partial charge >= 0.3 is 0 Å². The molecule has 0 saturated carbocycles. The van der Waals surface area contributed by atoms with Crippen molar-refractivity contribution in [1.82, 2.24) is 19.6 Å². The highest BCUT2D eigenvalue weighted by atomic mass is 16.5. The van der Waals surface area contributed by atoms with Crippen molar-refractivity contribution in [3.63, 3.8) is 0 Å². The quantitative estimate of drug-likeness (QED) is 0.737. The Morgan fingerprint density at radius 3 is 2.96 bits per heavy atom. The summed E-state index contributed by atoms with van der Waals surface area (Å²) in [6.07, 6.45) is 4.84. The van der Waals surface area contributed by atoms with Gasteiger partial charge in [0.2, 0.25) is 0 Å². The predicted molar refractivity (Wildman–Crippen MR) is 92.2 cm³/mol. The molecule has 1 atom stereocenters. The van der Waals surface area contributed by atoms with Crippen LogP contribution in [0.1, 0.15) is 23.2 Å². The van der Waals surface area contributed by atoms with Crippen molar-refractivity contribution in [1.29, 1.82) is 0 Å². The van der Waals surface area contributed by atoms with E-state index >= 15 is 0 Å². The number of aromatic nitrogens is 4. The lowest BCUT2D eigenvalue weighted by Gasteiger charge is -2.34. The molecule has 24 heavy (non-hydrogen) atoms. The van der Waals surface area contributed by atoms with Crippen LogP contribution in [0, 0.1) is 0 Å². The summed E-state index contributed by atoms with van der Waals surface area (Å²) in [5, 5.41) is 4.34. The van der Waals surface area contributed by atoms with Gasteiger partial charge in [0.05, 0.1) is 12.3 Å². The van der Waals surface area contributed by atoms with Crippen LogP contribution in [0.3, 0.4) is 0 Å². The van der Waals surface area contributed by atoms with Crippen LogP contribution in [0.4, 0.5) is 5.82 Å². The van der Waals surface area contributed by atoms with Gasteiger partial charge in [0.1, 0.15) is 12.1 Å². The number of benzene rings is 1. The SMILES string of the molecule is COCc1cc(N(C)C2CCc3ccccc3C2)n2ncnc2n1. The van der Waals surface area contributed by atoms with E-state index < -0.39 is 0 Å². The zero-order chi connectivity index (χ0) is 16.5. The number of fused-ring (bicyclic) bond motifs is 2. The van der Waals surface area contributed by atoms with E-state index in [1.54, 1.807) is 18.0 Å². The van der Waals surface area contributed by atoms with Gasteiger partial charge in [-0.25, -0.2) is 4.98 Å². The normalized spacial score (nSPS) is 17.0. The average Bonchev–Trinajstić information content (AvgIpc) is 3.09. The molecule has 1 unspecified atom stereocenters. The molecule has 0 N–H and O–H groups in total. The third kappa shape index (κ3) is 2.63. The van der Waals surface area contributed by atoms with Crippen molar-refractivity contribution in [3.05, 3.63) is 53.5 Å². The second-order valence-electron chi connectivity index (χ2n) is 6.29. The number of anilines is 1. The largest absolute Gasteiger partial charge is 0.378 e. The predicted octanol–water partition coefficient (Wildman–Crippen LogP) is 2.26. The van der Waals surface area contributed by atoms with Crippen LogP contribution < -0.4 is 4.90 Å². The van der Waals surface area contributed by atoms with Gasteiger partial charge in [0, 0.05) is 26.3 Å². The zero-order valence-electron chi connectivity index (χ0n) is 14.0. The minimum Gasteiger partial charge on any atom is -0.378 e. The summed E-state index contributed by atoms with van der Waals surface area (Å²) in [5.74, 6) is 1.62. The van der Waals surface area contributed by atoms with Gasteiger partial charge in [-0.05, 0) is 30.4 Å². The minimum atomic E-state index is 0.435. The summed E-state index contributed by atoms with van der Waals surface area (Å²) in [7, 11) is 3.81. The Kier molecular flexibility index (Phi) is 3.90. The number of likely N-dealkylation sites (N-methyl/N-ethyl adjacent to an activating group) is 1. The fraction of sp³-hybridized carbons (Fsp3) is 0.389. The zero-order valence-corrected chi connectivity index (χ0v) is 14.0. The van der Waals surface area contributed by atoms with E-state index in [0.29, 0.717) is 18.4 Å². The smallest absolute Gasteiger partial charge is 0.254 e. The molecule has 2 aromatic heterocycles. The number of ether oxygens (including phenoxy) is 1. The van der Waals surface area contributed by atoms with Crippen molar-refractivity contribution < 1.29 is 4.74 Å². The fourth-order valence-corrected chi connectivity index (χ4v) is 3.51. The maximum atomic E-state index is 5.24. The summed E-state index contributed by atoms with van der Waals surface area (Å²) < 4.78 is 7.05. The Bertz CT molecular complexity index is 859. The maximum Gasteiger partial charge on any atom is 0.254 e. The van der Waals surface area contributed by atoms with Crippen molar-refractivity contribution in [2.24, 2.45) is 0 Å². The summed E-state index contributed by atoms with van der Waals surface area (Å²) in [4.78, 5) is 11.0. The molecule has 0 saturated heterocycles. The van der Waals surface area contributed by atoms with Gasteiger partial charge in [-0.1, -0.05) is 24.3 Å². The first-order valence-corrected chi connectivity index (χ1v) is 8.24. The van der Waals surface area contributed by atoms with E-state index in [-0.39, 0.29) is 0 Å². The minimum absolute atomic E-state index is 0.435. The number of hydrogen-bond acceptors (Lipinski definition) is 5. The van der Waals surface area contributed by atoms with Crippen LogP contribution >= 0.6 is 0 Å². The molecule has 0 bridgehead atoms. The van der Waals surface area contributed by atoms with Gasteiger partial charge in [0.25, 0.3) is 5.78 Å². The van der Waals surface area contributed by atoms with E-state index in [9.17, 15) is 0 Å². The second-order valence-corrected chi connectivity index (χ2v) is 6.29. The second kappa shape index (κ2) is 6.20. The van der Waals surface area contributed by atoms with Gasteiger partial charge in [0.15, 0.2) is 0 Å². The molecule has 6 heteroatoms. The lowest BCUT2D eigenvalue weighted by Crippen LogP contribution is -2.37. The topological polar surface area (TPSA) is 55.6 Å². The lowest BCUT2D eigenvalue weighted by molar-refractivity contribution is 0.181. The molecule has 0 radical (unpaired) electrons. The van der Waals surface area contributed by atoms with Crippen LogP contribution in [-0.4, -0.2) is 39.8 Å². The summed E-state index contributed by atoms with van der Waals surface area (Å²) in [6.45, 7) is 0.470. The van der Waals surface area contributed by atoms with E-state index in [4.69, 9.17) is 4.74 Å². The van der Waals surface area contributed by atoms with E-state index in [0.717, 1.165) is 30.8 Å². The van der Waals surface area contributed by atoms with Crippen molar-refractivity contribution in [2.75, 3.05) is 19.1 Å². The number of nitrogens with zero attached hydrogens (tertiary/aromatic N) is 5. The molecule has 6 nitrogen and oxygen atoms in total. The van der Waals surface area contributed by atoms with Crippen molar-refractivity contribution in [2.45, 2.75) is 31.9 Å². The molecule has 1 aliphatic carbocycles. The summed E-state index contributed by atoms with van der Waals surface area (Å²) in [6, 6.07) is 11.2. The highest BCUT2D eigenvalue weighted by molar-refractivity contribution is 5.48. The standard InChI is InChI=1S/C18H21N5O/c1-22(16-8-7-13-5-3-4-6-14(13)9-16)17-10-15(11-24-2)21-18-19-12-20-23(17)18/h3-6,10,12,16H,7-9,11H2,1-2H3. The van der Waals surface area contributed by atoms with Crippen LogP contribution in [0.2, 0.25) is 0 Å². The van der Waals surface area contributed by atoms with Crippen LogP contribution in [-0.2, 0) is 24.2 Å². The highest BCUT2D eigenvalue weighted by Crippen LogP contribution is 2.27. The Labute approximate surface area is 141 Å². The molecule has 4 rings (SSSR count). The van der Waals surface area contributed by atoms with Crippen LogP contribution in [0.25, 0.3) is 5.78 Å². The molecule has 3 aromatic rings. The van der Waals surface area contributed by atoms with E-state index in [1.807, 2.05) is 6.07 Å². The molecule has 1 aliphatic rings. The number of hydrogen-bond donors (Lipinski definition) is 0. The third-order valence-corrected chi connectivity index (χ3v) is 4.81. The Morgan fingerprint density at radius 1 is 1.29 bits per heavy atom. The average molecular weight is 323 g/mol. The molecule has 2 heterocycles. The molecule has 0 spiro atoms. The lowest BCUT2D eigenvalue weighted by atomic mass is 9.87. The van der Waals surface area contributed by atoms with Crippen molar-refractivity contribution in [3.8, 4) is 0 Å². The van der Waals surface area contributed by atoms with Gasteiger partial charge in [-0.2, -0.15) is 14.6 Å². The summed E-state index contributed by atoms with van der Waals surface area (Å²) >= 11 is 0. The van der Waals surface area contributed by atoms with Crippen LogP contribution in [0.15, 0.2) is 36.7 Å². The molecule has 0 aliphatic heterocycles. The van der Waals surface area contributed by atoms with Crippen LogP contribution in [0.5, 0.6) is 0 Å². The highest BCUT2D eigenvalue weighted by Gasteiger charge is 2.24. The van der Waals surface area contributed by atoms with E-state index in [1.165, 1.54) is 11.1 Å².